The van der Waals surface area contributed by atoms with Crippen molar-refractivity contribution < 1.29 is 0 Å². The highest BCUT2D eigenvalue weighted by Gasteiger charge is 2.10. The predicted octanol–water partition coefficient (Wildman–Crippen LogP) is 2.67. The summed E-state index contributed by atoms with van der Waals surface area (Å²) in [4.78, 5) is 7.29. The predicted molar refractivity (Wildman–Crippen MR) is 78.1 cm³/mol. The Kier molecular flexibility index (Phi) is 6.11. The fourth-order valence-electron chi connectivity index (χ4n) is 2.41. The van der Waals surface area contributed by atoms with Gasteiger partial charge in [0.2, 0.25) is 0 Å². The second kappa shape index (κ2) is 7.87. The average molecular weight is 267 g/mol. The molecule has 0 bridgehead atoms. The molecule has 2 rings (SSSR count). The van der Waals surface area contributed by atoms with E-state index in [1.165, 1.54) is 56.0 Å². The van der Waals surface area contributed by atoms with Gasteiger partial charge in [0.15, 0.2) is 0 Å². The maximum absolute atomic E-state index is 4.68. The van der Waals surface area contributed by atoms with Gasteiger partial charge in [-0.2, -0.15) is 0 Å². The number of nitrogens with zero attached hydrogens (tertiary/aromatic N) is 2. The molecule has 0 radical (unpaired) electrons. The Balaban J connectivity index is 1.73. The Hall–Kier alpha value is -0.450. The molecule has 0 aliphatic carbocycles. The maximum atomic E-state index is 4.68. The van der Waals surface area contributed by atoms with Gasteiger partial charge in [0.1, 0.15) is 0 Å². The molecular formula is C14H25N3S. The summed E-state index contributed by atoms with van der Waals surface area (Å²) in [5.41, 5.74) is 1.20. The summed E-state index contributed by atoms with van der Waals surface area (Å²) >= 11 is 1.82. The zero-order valence-electron chi connectivity index (χ0n) is 11.5. The van der Waals surface area contributed by atoms with Crippen LogP contribution in [0.5, 0.6) is 0 Å². The highest BCUT2D eigenvalue weighted by molar-refractivity contribution is 7.09. The third-order valence-corrected chi connectivity index (χ3v) is 4.45. The number of thiazole rings is 1. The number of likely N-dealkylation sites (tertiary alicyclic amines) is 1. The van der Waals surface area contributed by atoms with Crippen LogP contribution in [0.2, 0.25) is 0 Å². The first-order chi connectivity index (χ1) is 8.88. The Bertz CT molecular complexity index is 330. The molecule has 1 aliphatic heterocycles. The molecule has 1 saturated heterocycles. The van der Waals surface area contributed by atoms with E-state index in [9.17, 15) is 0 Å². The Labute approximate surface area is 115 Å². The van der Waals surface area contributed by atoms with Gasteiger partial charge < -0.3 is 10.2 Å². The van der Waals surface area contributed by atoms with Gasteiger partial charge in [-0.05, 0) is 32.5 Å². The van der Waals surface area contributed by atoms with E-state index in [1.807, 2.05) is 11.3 Å². The quantitative estimate of drug-likeness (QED) is 0.859. The number of aromatic nitrogens is 1. The third kappa shape index (κ3) is 4.67. The minimum atomic E-state index is 0.913. The summed E-state index contributed by atoms with van der Waals surface area (Å²) in [5, 5.41) is 6.82. The molecule has 3 nitrogen and oxygen atoms in total. The van der Waals surface area contributed by atoms with Gasteiger partial charge in [-0.15, -0.1) is 11.3 Å². The molecule has 2 heterocycles. The molecule has 0 saturated carbocycles. The molecule has 0 unspecified atom stereocenters. The SMILES string of the molecule is CCNCc1csc(CCN2CCCCCC2)n1. The third-order valence-electron chi connectivity index (χ3n) is 3.50. The number of rotatable bonds is 6. The largest absolute Gasteiger partial charge is 0.311 e. The summed E-state index contributed by atoms with van der Waals surface area (Å²) in [6, 6.07) is 0. The smallest absolute Gasteiger partial charge is 0.0941 e. The van der Waals surface area contributed by atoms with Crippen LogP contribution in [0.15, 0.2) is 5.38 Å². The van der Waals surface area contributed by atoms with E-state index in [1.54, 1.807) is 0 Å². The minimum Gasteiger partial charge on any atom is -0.311 e. The Morgan fingerprint density at radius 2 is 2.06 bits per heavy atom. The zero-order valence-corrected chi connectivity index (χ0v) is 12.3. The lowest BCUT2D eigenvalue weighted by Gasteiger charge is -2.18. The molecule has 102 valence electrons. The van der Waals surface area contributed by atoms with Crippen LogP contribution in [0.1, 0.15) is 43.3 Å². The van der Waals surface area contributed by atoms with E-state index in [0.29, 0.717) is 0 Å². The molecule has 1 aliphatic rings. The normalized spacial score (nSPS) is 17.8. The molecular weight excluding hydrogens is 242 g/mol. The number of hydrogen-bond acceptors (Lipinski definition) is 4. The van der Waals surface area contributed by atoms with E-state index in [4.69, 9.17) is 0 Å². The van der Waals surface area contributed by atoms with E-state index in [0.717, 1.165) is 19.5 Å². The van der Waals surface area contributed by atoms with Crippen molar-refractivity contribution >= 4 is 11.3 Å². The summed E-state index contributed by atoms with van der Waals surface area (Å²) in [6.07, 6.45) is 6.71. The summed E-state index contributed by atoms with van der Waals surface area (Å²) < 4.78 is 0. The van der Waals surface area contributed by atoms with Gasteiger partial charge in [0.25, 0.3) is 0 Å². The lowest BCUT2D eigenvalue weighted by atomic mass is 10.2. The Morgan fingerprint density at radius 1 is 1.28 bits per heavy atom. The van der Waals surface area contributed by atoms with Crippen molar-refractivity contribution in [1.82, 2.24) is 15.2 Å². The molecule has 1 fully saturated rings. The van der Waals surface area contributed by atoms with Crippen molar-refractivity contribution in [2.75, 3.05) is 26.2 Å². The average Bonchev–Trinajstić information content (AvgIpc) is 2.68. The van der Waals surface area contributed by atoms with Gasteiger partial charge in [-0.25, -0.2) is 4.98 Å². The summed E-state index contributed by atoms with van der Waals surface area (Å²) in [5.74, 6) is 0. The lowest BCUT2D eigenvalue weighted by Crippen LogP contribution is -2.26. The van der Waals surface area contributed by atoms with Crippen molar-refractivity contribution in [3.63, 3.8) is 0 Å². The molecule has 0 aromatic carbocycles. The molecule has 18 heavy (non-hydrogen) atoms. The van der Waals surface area contributed by atoms with Crippen LogP contribution in [0.3, 0.4) is 0 Å². The van der Waals surface area contributed by atoms with Crippen molar-refractivity contribution in [3.05, 3.63) is 16.1 Å². The minimum absolute atomic E-state index is 0.913. The van der Waals surface area contributed by atoms with E-state index in [-0.39, 0.29) is 0 Å². The molecule has 0 atom stereocenters. The Morgan fingerprint density at radius 3 is 2.78 bits per heavy atom. The highest BCUT2D eigenvalue weighted by atomic mass is 32.1. The molecule has 1 N–H and O–H groups in total. The van der Waals surface area contributed by atoms with Crippen LogP contribution in [0.4, 0.5) is 0 Å². The fourth-order valence-corrected chi connectivity index (χ4v) is 3.20. The summed E-state index contributed by atoms with van der Waals surface area (Å²) in [6.45, 7) is 7.82. The fraction of sp³-hybridized carbons (Fsp3) is 0.786. The van der Waals surface area contributed by atoms with Crippen LogP contribution in [0.25, 0.3) is 0 Å². The highest BCUT2D eigenvalue weighted by Crippen LogP contribution is 2.13. The monoisotopic (exact) mass is 267 g/mol. The van der Waals surface area contributed by atoms with E-state index in [2.05, 4.69) is 27.5 Å². The van der Waals surface area contributed by atoms with Gasteiger partial charge >= 0.3 is 0 Å². The van der Waals surface area contributed by atoms with Crippen LogP contribution >= 0.6 is 11.3 Å². The van der Waals surface area contributed by atoms with Crippen LogP contribution < -0.4 is 5.32 Å². The first kappa shape index (κ1) is 14.0. The topological polar surface area (TPSA) is 28.2 Å². The zero-order chi connectivity index (χ0) is 12.6. The first-order valence-corrected chi connectivity index (χ1v) is 8.13. The molecule has 4 heteroatoms. The molecule has 0 spiro atoms. The van der Waals surface area contributed by atoms with Gasteiger partial charge in [-0.3, -0.25) is 0 Å². The van der Waals surface area contributed by atoms with E-state index < -0.39 is 0 Å². The van der Waals surface area contributed by atoms with Gasteiger partial charge in [-0.1, -0.05) is 19.8 Å². The lowest BCUT2D eigenvalue weighted by molar-refractivity contribution is 0.288. The van der Waals surface area contributed by atoms with Crippen LogP contribution in [0, 0.1) is 0 Å². The molecule has 0 amide bonds. The van der Waals surface area contributed by atoms with Crippen molar-refractivity contribution in [2.24, 2.45) is 0 Å². The molecule has 1 aromatic heterocycles. The van der Waals surface area contributed by atoms with Crippen LogP contribution in [-0.4, -0.2) is 36.1 Å². The number of nitrogens with one attached hydrogen (secondary N) is 1. The molecule has 1 aromatic rings. The maximum Gasteiger partial charge on any atom is 0.0941 e. The second-order valence-electron chi connectivity index (χ2n) is 5.02. The van der Waals surface area contributed by atoms with Gasteiger partial charge in [0, 0.05) is 24.9 Å². The van der Waals surface area contributed by atoms with Crippen molar-refractivity contribution in [3.8, 4) is 0 Å². The number of hydrogen-bond donors (Lipinski definition) is 1. The van der Waals surface area contributed by atoms with Gasteiger partial charge in [0.05, 0.1) is 10.7 Å². The van der Waals surface area contributed by atoms with Crippen LogP contribution in [-0.2, 0) is 13.0 Å². The first-order valence-electron chi connectivity index (χ1n) is 7.25. The second-order valence-corrected chi connectivity index (χ2v) is 5.96. The van der Waals surface area contributed by atoms with E-state index >= 15 is 0 Å². The summed E-state index contributed by atoms with van der Waals surface area (Å²) in [7, 11) is 0. The van der Waals surface area contributed by atoms with Crippen molar-refractivity contribution in [1.29, 1.82) is 0 Å². The van der Waals surface area contributed by atoms with Crippen molar-refractivity contribution in [2.45, 2.75) is 45.6 Å². The standard InChI is InChI=1S/C14H25N3S/c1-2-15-11-13-12-18-14(16-13)7-10-17-8-5-3-4-6-9-17/h12,15H,2-11H2,1H3.